The number of piperazine rings is 1. The fraction of sp³-hybridized carbons (Fsp3) is 0.786. The molecule has 1 N–H and O–H groups in total. The minimum absolute atomic E-state index is 0.00554. The van der Waals surface area contributed by atoms with Crippen molar-refractivity contribution in [1.82, 2.24) is 5.32 Å². The van der Waals surface area contributed by atoms with Crippen LogP contribution in [0.25, 0.3) is 0 Å². The average molecular weight is 511 g/mol. The van der Waals surface area contributed by atoms with E-state index in [1.165, 1.54) is 19.3 Å². The van der Waals surface area contributed by atoms with Gasteiger partial charge in [-0.05, 0) is 74.0 Å². The lowest BCUT2D eigenvalue weighted by Crippen LogP contribution is -2.67. The second-order valence-corrected chi connectivity index (χ2v) is 17.9. The van der Waals surface area contributed by atoms with Gasteiger partial charge in [-0.25, -0.2) is 0 Å². The minimum atomic E-state index is -3.38. The topological polar surface area (TPSA) is 33.7 Å². The van der Waals surface area contributed by atoms with Gasteiger partial charge in [-0.15, -0.1) is 0 Å². The van der Waals surface area contributed by atoms with Crippen molar-refractivity contribution in [3.63, 3.8) is 0 Å². The fourth-order valence-electron chi connectivity index (χ4n) is 6.85. The zero-order valence-electron chi connectivity index (χ0n) is 23.4. The van der Waals surface area contributed by atoms with Crippen molar-refractivity contribution in [3.8, 4) is 5.75 Å². The molecule has 3 rings (SSSR count). The predicted octanol–water partition coefficient (Wildman–Crippen LogP) is 7.66. The van der Waals surface area contributed by atoms with E-state index in [4.69, 9.17) is 9.16 Å². The Hall–Kier alpha value is -1.18. The maximum Gasteiger partial charge on any atom is 0.420 e. The molecular weight excluding hydrogens is 462 g/mol. The van der Waals surface area contributed by atoms with Crippen LogP contribution in [0.15, 0.2) is 18.2 Å². The number of ether oxygens (including phenoxy) is 1. The molecule has 0 aromatic heterocycles. The molecule has 0 radical (unpaired) electrons. The minimum Gasteiger partial charge on any atom is -0.431 e. The summed E-state index contributed by atoms with van der Waals surface area (Å²) >= 11 is 0. The first-order chi connectivity index (χ1) is 16.2. The van der Waals surface area contributed by atoms with Gasteiger partial charge in [0.15, 0.2) is 0 Å². The van der Waals surface area contributed by atoms with Crippen LogP contribution in [-0.4, -0.2) is 45.2 Å². The summed E-state index contributed by atoms with van der Waals surface area (Å²) < 4.78 is 41.5. The lowest BCUT2D eigenvalue weighted by molar-refractivity contribution is -0.198. The SMILES string of the molecule is Cc1cc(N2CC(C)(C)N[C@@H]3CCCC[C@@H]32)ccc1OC(F)(F)CO[Si](C(C)C)(C(C)C)C(C)C. The number of nitrogens with one attached hydrogen (secondary N) is 1. The molecule has 35 heavy (non-hydrogen) atoms. The number of hydrogen-bond acceptors (Lipinski definition) is 4. The molecular formula is C28H48F2N2O2Si. The molecule has 2 atom stereocenters. The van der Waals surface area contributed by atoms with Gasteiger partial charge in [0.05, 0.1) is 0 Å². The van der Waals surface area contributed by atoms with Gasteiger partial charge in [0.1, 0.15) is 12.4 Å². The van der Waals surface area contributed by atoms with Gasteiger partial charge >= 0.3 is 6.11 Å². The molecule has 4 nitrogen and oxygen atoms in total. The molecule has 1 saturated carbocycles. The van der Waals surface area contributed by atoms with Crippen molar-refractivity contribution in [3.05, 3.63) is 23.8 Å². The summed E-state index contributed by atoms with van der Waals surface area (Å²) in [6.07, 6.45) is 1.46. The van der Waals surface area contributed by atoms with E-state index in [0.29, 0.717) is 12.1 Å². The van der Waals surface area contributed by atoms with Crippen LogP contribution in [0, 0.1) is 6.92 Å². The highest BCUT2D eigenvalue weighted by Crippen LogP contribution is 2.43. The van der Waals surface area contributed by atoms with E-state index >= 15 is 8.78 Å². The van der Waals surface area contributed by atoms with Gasteiger partial charge in [-0.1, -0.05) is 54.4 Å². The van der Waals surface area contributed by atoms with E-state index in [1.807, 2.05) is 19.1 Å². The molecule has 0 amide bonds. The summed E-state index contributed by atoms with van der Waals surface area (Å²) in [6, 6.07) is 6.58. The number of nitrogens with zero attached hydrogens (tertiary/aromatic N) is 1. The Morgan fingerprint density at radius 2 is 1.66 bits per heavy atom. The first-order valence-electron chi connectivity index (χ1n) is 13.5. The third-order valence-corrected chi connectivity index (χ3v) is 14.3. The Morgan fingerprint density at radius 3 is 2.23 bits per heavy atom. The molecule has 1 aliphatic heterocycles. The smallest absolute Gasteiger partial charge is 0.420 e. The second kappa shape index (κ2) is 10.7. The van der Waals surface area contributed by atoms with Crippen LogP contribution in [0.2, 0.25) is 16.6 Å². The summed E-state index contributed by atoms with van der Waals surface area (Å²) in [5, 5.41) is 3.82. The highest BCUT2D eigenvalue weighted by molar-refractivity contribution is 6.77. The maximum absolute atomic E-state index is 15.0. The molecule has 2 fully saturated rings. The van der Waals surface area contributed by atoms with Crippen LogP contribution in [-0.2, 0) is 4.43 Å². The largest absolute Gasteiger partial charge is 0.431 e. The highest BCUT2D eigenvalue weighted by atomic mass is 28.4. The lowest BCUT2D eigenvalue weighted by atomic mass is 9.83. The Labute approximate surface area is 213 Å². The monoisotopic (exact) mass is 510 g/mol. The Bertz CT molecular complexity index is 838. The van der Waals surface area contributed by atoms with Crippen molar-refractivity contribution < 1.29 is 17.9 Å². The first kappa shape index (κ1) is 28.4. The zero-order chi connectivity index (χ0) is 26.2. The third-order valence-electron chi connectivity index (χ3n) is 8.22. The van der Waals surface area contributed by atoms with E-state index in [9.17, 15) is 0 Å². The normalized spacial score (nSPS) is 23.2. The quantitative estimate of drug-likeness (QED) is 0.346. The summed E-state index contributed by atoms with van der Waals surface area (Å²) in [5.41, 5.74) is 2.55. The zero-order valence-corrected chi connectivity index (χ0v) is 24.4. The fourth-order valence-corrected chi connectivity index (χ4v) is 12.3. The molecule has 200 valence electrons. The molecule has 1 aromatic carbocycles. The molecule has 1 aromatic rings. The Balaban J connectivity index is 1.76. The average Bonchev–Trinajstić information content (AvgIpc) is 2.73. The molecule has 1 aliphatic carbocycles. The molecule has 1 saturated heterocycles. The van der Waals surface area contributed by atoms with E-state index in [1.54, 1.807) is 6.07 Å². The number of rotatable bonds is 9. The first-order valence-corrected chi connectivity index (χ1v) is 15.7. The number of anilines is 1. The summed E-state index contributed by atoms with van der Waals surface area (Å²) in [7, 11) is -2.40. The highest BCUT2D eigenvalue weighted by Gasteiger charge is 2.48. The van der Waals surface area contributed by atoms with E-state index in [-0.39, 0.29) is 27.9 Å². The molecule has 7 heteroatoms. The van der Waals surface area contributed by atoms with Gasteiger partial charge in [0, 0.05) is 29.9 Å². The number of hydrogen-bond donors (Lipinski definition) is 1. The standard InChI is InChI=1S/C28H48F2N2O2Si/c1-19(2)35(20(3)4,21(5)6)33-18-28(29,30)34-26-15-14-23(16-22(26)7)32-17-27(8,9)31-24-12-10-11-13-25(24)32/h14-16,19-21,24-25,31H,10-13,17-18H2,1-9H3/t24-,25+/m1/s1. The lowest BCUT2D eigenvalue weighted by Gasteiger charge is -2.52. The van der Waals surface area contributed by atoms with Crippen LogP contribution in [0.5, 0.6) is 5.75 Å². The van der Waals surface area contributed by atoms with E-state index in [2.05, 4.69) is 65.6 Å². The number of benzene rings is 1. The van der Waals surface area contributed by atoms with Crippen molar-refractivity contribution in [2.24, 2.45) is 0 Å². The van der Waals surface area contributed by atoms with E-state index < -0.39 is 21.0 Å². The van der Waals surface area contributed by atoms with Crippen LogP contribution in [0.3, 0.4) is 0 Å². The third kappa shape index (κ3) is 6.21. The second-order valence-electron chi connectivity index (χ2n) is 12.4. The van der Waals surface area contributed by atoms with Crippen molar-refractivity contribution in [2.45, 2.75) is 128 Å². The van der Waals surface area contributed by atoms with Gasteiger partial charge in [-0.2, -0.15) is 8.78 Å². The van der Waals surface area contributed by atoms with Crippen LogP contribution < -0.4 is 15.0 Å². The molecule has 0 bridgehead atoms. The summed E-state index contributed by atoms with van der Waals surface area (Å²) in [4.78, 5) is 2.48. The van der Waals surface area contributed by atoms with Gasteiger partial charge < -0.3 is 19.4 Å². The van der Waals surface area contributed by atoms with E-state index in [0.717, 1.165) is 24.2 Å². The number of halogens is 2. The Kier molecular flexibility index (Phi) is 8.65. The summed E-state index contributed by atoms with van der Waals surface area (Å²) in [5.74, 6) is 0.225. The number of aryl methyl sites for hydroxylation is 1. The maximum atomic E-state index is 15.0. The van der Waals surface area contributed by atoms with Crippen molar-refractivity contribution >= 4 is 14.0 Å². The Morgan fingerprint density at radius 1 is 1.06 bits per heavy atom. The molecule has 1 heterocycles. The van der Waals surface area contributed by atoms with Crippen molar-refractivity contribution in [2.75, 3.05) is 18.1 Å². The summed E-state index contributed by atoms with van der Waals surface area (Å²) in [6.45, 7) is 19.1. The van der Waals surface area contributed by atoms with Gasteiger partial charge in [0.2, 0.25) is 8.32 Å². The van der Waals surface area contributed by atoms with Crippen molar-refractivity contribution in [1.29, 1.82) is 0 Å². The molecule has 0 unspecified atom stereocenters. The van der Waals surface area contributed by atoms with Crippen LogP contribution >= 0.6 is 0 Å². The van der Waals surface area contributed by atoms with Crippen LogP contribution in [0.4, 0.5) is 14.5 Å². The molecule has 2 aliphatic rings. The van der Waals surface area contributed by atoms with Gasteiger partial charge in [-0.3, -0.25) is 0 Å². The van der Waals surface area contributed by atoms with Gasteiger partial charge in [0.25, 0.3) is 0 Å². The number of alkyl halides is 2. The number of fused-ring (bicyclic) bond motifs is 1. The predicted molar refractivity (Wildman–Crippen MR) is 144 cm³/mol. The van der Waals surface area contributed by atoms with Crippen LogP contribution in [0.1, 0.15) is 86.6 Å². The molecule has 0 spiro atoms.